The molecule has 2 aliphatic heterocycles. The fourth-order valence-corrected chi connectivity index (χ4v) is 3.30. The Kier molecular flexibility index (Phi) is 5.46. The standard InChI is InChI=1S/C17H26N4O2/c1-14(17(22)20-8-10-23-11-9-20)21-7-5-15(13-21)12-19-16-4-2-3-6-18-16/h2-4,6,14-15H,5,7-13H2,1H3,(H,18,19)/t14-,15+/m0/s1. The van der Waals surface area contributed by atoms with E-state index < -0.39 is 0 Å². The first-order valence-electron chi connectivity index (χ1n) is 8.49. The van der Waals surface area contributed by atoms with Crippen molar-refractivity contribution in [2.24, 2.45) is 5.92 Å². The summed E-state index contributed by atoms with van der Waals surface area (Å²) in [5, 5.41) is 3.39. The van der Waals surface area contributed by atoms with Crippen molar-refractivity contribution in [3.63, 3.8) is 0 Å². The molecule has 0 unspecified atom stereocenters. The average molecular weight is 318 g/mol. The van der Waals surface area contributed by atoms with E-state index in [2.05, 4.69) is 15.2 Å². The number of rotatable bonds is 5. The van der Waals surface area contributed by atoms with E-state index in [1.54, 1.807) is 6.20 Å². The Hall–Kier alpha value is -1.66. The molecular weight excluding hydrogens is 292 g/mol. The second-order valence-corrected chi connectivity index (χ2v) is 6.36. The zero-order chi connectivity index (χ0) is 16.1. The molecule has 2 aliphatic rings. The quantitative estimate of drug-likeness (QED) is 0.880. The summed E-state index contributed by atoms with van der Waals surface area (Å²) in [7, 11) is 0. The molecule has 6 nitrogen and oxygen atoms in total. The maximum atomic E-state index is 12.6. The van der Waals surface area contributed by atoms with Crippen LogP contribution in [0.4, 0.5) is 5.82 Å². The molecule has 0 saturated carbocycles. The maximum Gasteiger partial charge on any atom is 0.239 e. The summed E-state index contributed by atoms with van der Waals surface area (Å²) in [6, 6.07) is 5.85. The highest BCUT2D eigenvalue weighted by Crippen LogP contribution is 2.20. The number of carbonyl (C=O) groups excluding carboxylic acids is 1. The number of hydrogen-bond acceptors (Lipinski definition) is 5. The number of aromatic nitrogens is 1. The molecule has 1 N–H and O–H groups in total. The molecule has 2 atom stereocenters. The predicted octanol–water partition coefficient (Wildman–Crippen LogP) is 1.06. The van der Waals surface area contributed by atoms with E-state index in [-0.39, 0.29) is 11.9 Å². The molecule has 0 aliphatic carbocycles. The monoisotopic (exact) mass is 318 g/mol. The van der Waals surface area contributed by atoms with Crippen LogP contribution in [-0.4, -0.2) is 72.7 Å². The second kappa shape index (κ2) is 7.75. The third kappa shape index (κ3) is 4.20. The third-order valence-corrected chi connectivity index (χ3v) is 4.78. The number of morpholine rings is 1. The number of anilines is 1. The lowest BCUT2D eigenvalue weighted by atomic mass is 10.1. The van der Waals surface area contributed by atoms with Gasteiger partial charge in [-0.25, -0.2) is 4.98 Å². The average Bonchev–Trinajstić information content (AvgIpc) is 3.09. The van der Waals surface area contributed by atoms with Gasteiger partial charge in [0.05, 0.1) is 19.3 Å². The highest BCUT2D eigenvalue weighted by Gasteiger charge is 2.32. The molecule has 126 valence electrons. The summed E-state index contributed by atoms with van der Waals surface area (Å²) in [6.07, 6.45) is 2.92. The number of ether oxygens (including phenoxy) is 1. The van der Waals surface area contributed by atoms with Crippen molar-refractivity contribution in [1.29, 1.82) is 0 Å². The number of nitrogens with zero attached hydrogens (tertiary/aromatic N) is 3. The van der Waals surface area contributed by atoms with Gasteiger partial charge in [0.25, 0.3) is 0 Å². The van der Waals surface area contributed by atoms with Crippen LogP contribution in [0.25, 0.3) is 0 Å². The molecule has 1 amide bonds. The first kappa shape index (κ1) is 16.2. The fraction of sp³-hybridized carbons (Fsp3) is 0.647. The van der Waals surface area contributed by atoms with E-state index in [4.69, 9.17) is 4.74 Å². The van der Waals surface area contributed by atoms with Crippen molar-refractivity contribution >= 4 is 11.7 Å². The topological polar surface area (TPSA) is 57.7 Å². The van der Waals surface area contributed by atoms with Gasteiger partial charge < -0.3 is 15.0 Å². The molecule has 23 heavy (non-hydrogen) atoms. The van der Waals surface area contributed by atoms with Crippen molar-refractivity contribution in [3.8, 4) is 0 Å². The maximum absolute atomic E-state index is 12.6. The number of likely N-dealkylation sites (tertiary alicyclic amines) is 1. The highest BCUT2D eigenvalue weighted by molar-refractivity contribution is 5.81. The summed E-state index contributed by atoms with van der Waals surface area (Å²) in [5.74, 6) is 1.73. The van der Waals surface area contributed by atoms with Crippen molar-refractivity contribution in [2.45, 2.75) is 19.4 Å². The lowest BCUT2D eigenvalue weighted by Gasteiger charge is -2.32. The SMILES string of the molecule is C[C@@H](C(=O)N1CCOCC1)N1CC[C@H](CNc2ccccn2)C1. The normalized spacial score (nSPS) is 23.7. The molecule has 2 saturated heterocycles. The smallest absolute Gasteiger partial charge is 0.239 e. The van der Waals surface area contributed by atoms with Crippen LogP contribution in [0, 0.1) is 5.92 Å². The predicted molar refractivity (Wildman–Crippen MR) is 89.3 cm³/mol. The van der Waals surface area contributed by atoms with Crippen LogP contribution in [0.2, 0.25) is 0 Å². The summed E-state index contributed by atoms with van der Waals surface area (Å²) in [5.41, 5.74) is 0. The van der Waals surface area contributed by atoms with Gasteiger partial charge in [0, 0.05) is 32.4 Å². The van der Waals surface area contributed by atoms with Gasteiger partial charge in [-0.2, -0.15) is 0 Å². The Morgan fingerprint density at radius 3 is 2.96 bits per heavy atom. The van der Waals surface area contributed by atoms with Crippen molar-refractivity contribution in [3.05, 3.63) is 24.4 Å². The van der Waals surface area contributed by atoms with Crippen LogP contribution >= 0.6 is 0 Å². The molecule has 3 heterocycles. The molecule has 0 bridgehead atoms. The van der Waals surface area contributed by atoms with Gasteiger partial charge in [-0.15, -0.1) is 0 Å². The first-order valence-corrected chi connectivity index (χ1v) is 8.49. The van der Waals surface area contributed by atoms with Gasteiger partial charge in [-0.3, -0.25) is 9.69 Å². The van der Waals surface area contributed by atoms with E-state index >= 15 is 0 Å². The Morgan fingerprint density at radius 1 is 1.39 bits per heavy atom. The largest absolute Gasteiger partial charge is 0.378 e. The van der Waals surface area contributed by atoms with Gasteiger partial charge in [-0.1, -0.05) is 6.07 Å². The van der Waals surface area contributed by atoms with Gasteiger partial charge in [0.15, 0.2) is 0 Å². The van der Waals surface area contributed by atoms with Gasteiger partial charge in [0.1, 0.15) is 5.82 Å². The van der Waals surface area contributed by atoms with E-state index in [0.29, 0.717) is 19.1 Å². The lowest BCUT2D eigenvalue weighted by Crippen LogP contribution is -2.50. The van der Waals surface area contributed by atoms with E-state index in [1.807, 2.05) is 30.0 Å². The summed E-state index contributed by atoms with van der Waals surface area (Å²) in [6.45, 7) is 7.68. The molecule has 2 fully saturated rings. The van der Waals surface area contributed by atoms with Crippen LogP contribution in [0.15, 0.2) is 24.4 Å². The number of nitrogens with one attached hydrogen (secondary N) is 1. The minimum Gasteiger partial charge on any atom is -0.378 e. The second-order valence-electron chi connectivity index (χ2n) is 6.36. The highest BCUT2D eigenvalue weighted by atomic mass is 16.5. The molecule has 0 radical (unpaired) electrons. The zero-order valence-electron chi connectivity index (χ0n) is 13.8. The van der Waals surface area contributed by atoms with E-state index in [1.165, 1.54) is 0 Å². The van der Waals surface area contributed by atoms with Crippen LogP contribution in [0.1, 0.15) is 13.3 Å². The fourth-order valence-electron chi connectivity index (χ4n) is 3.30. The Bertz CT molecular complexity index is 505. The Morgan fingerprint density at radius 2 is 2.22 bits per heavy atom. The summed E-state index contributed by atoms with van der Waals surface area (Å²) in [4.78, 5) is 21.1. The summed E-state index contributed by atoms with van der Waals surface area (Å²) >= 11 is 0. The number of pyridine rings is 1. The Balaban J connectivity index is 1.45. The third-order valence-electron chi connectivity index (χ3n) is 4.78. The van der Waals surface area contributed by atoms with Crippen LogP contribution < -0.4 is 5.32 Å². The van der Waals surface area contributed by atoms with Crippen molar-refractivity contribution in [2.75, 3.05) is 51.3 Å². The Labute approximate surface area is 137 Å². The minimum absolute atomic E-state index is 0.0343. The van der Waals surface area contributed by atoms with Crippen LogP contribution in [-0.2, 0) is 9.53 Å². The molecule has 1 aromatic rings. The number of hydrogen-bond donors (Lipinski definition) is 1. The van der Waals surface area contributed by atoms with E-state index in [9.17, 15) is 4.79 Å². The van der Waals surface area contributed by atoms with Gasteiger partial charge >= 0.3 is 0 Å². The van der Waals surface area contributed by atoms with E-state index in [0.717, 1.165) is 45.0 Å². The molecular formula is C17H26N4O2. The van der Waals surface area contributed by atoms with Gasteiger partial charge in [0.2, 0.25) is 5.91 Å². The lowest BCUT2D eigenvalue weighted by molar-refractivity contribution is -0.140. The van der Waals surface area contributed by atoms with Crippen molar-refractivity contribution in [1.82, 2.24) is 14.8 Å². The van der Waals surface area contributed by atoms with Gasteiger partial charge in [-0.05, 0) is 37.9 Å². The van der Waals surface area contributed by atoms with Crippen LogP contribution in [0.3, 0.4) is 0 Å². The summed E-state index contributed by atoms with van der Waals surface area (Å²) < 4.78 is 5.32. The van der Waals surface area contributed by atoms with Crippen molar-refractivity contribution < 1.29 is 9.53 Å². The molecule has 3 rings (SSSR count). The number of carbonyl (C=O) groups is 1. The molecule has 0 spiro atoms. The molecule has 6 heteroatoms. The minimum atomic E-state index is -0.0343. The first-order chi connectivity index (χ1) is 11.2. The molecule has 0 aromatic carbocycles. The van der Waals surface area contributed by atoms with Crippen LogP contribution in [0.5, 0.6) is 0 Å². The number of amides is 1. The molecule has 1 aromatic heterocycles. The zero-order valence-corrected chi connectivity index (χ0v) is 13.8.